The van der Waals surface area contributed by atoms with Crippen LogP contribution < -0.4 is 15.6 Å². The van der Waals surface area contributed by atoms with E-state index in [4.69, 9.17) is 4.74 Å². The van der Waals surface area contributed by atoms with Gasteiger partial charge in [0.25, 0.3) is 5.56 Å². The van der Waals surface area contributed by atoms with E-state index in [0.29, 0.717) is 29.1 Å². The monoisotopic (exact) mass is 427 g/mol. The average molecular weight is 428 g/mol. The van der Waals surface area contributed by atoms with Crippen LogP contribution in [0.15, 0.2) is 71.5 Å². The fourth-order valence-electron chi connectivity index (χ4n) is 3.71. The number of para-hydroxylation sites is 2. The molecule has 0 fully saturated rings. The average Bonchev–Trinajstić information content (AvgIpc) is 2.79. The van der Waals surface area contributed by atoms with Gasteiger partial charge in [-0.1, -0.05) is 48.0 Å². The van der Waals surface area contributed by atoms with E-state index < -0.39 is 0 Å². The zero-order valence-electron chi connectivity index (χ0n) is 18.4. The number of aryl methyl sites for hydroxylation is 2. The zero-order chi connectivity index (χ0) is 22.7. The summed E-state index contributed by atoms with van der Waals surface area (Å²) >= 11 is 0. The lowest BCUT2D eigenvalue weighted by Crippen LogP contribution is -2.30. The summed E-state index contributed by atoms with van der Waals surface area (Å²) in [6.07, 6.45) is 0. The number of amides is 1. The van der Waals surface area contributed by atoms with Crippen LogP contribution in [0.25, 0.3) is 22.0 Å². The molecular formula is C26H25N3O3. The number of nitrogens with zero attached hydrogens (tertiary/aromatic N) is 2. The van der Waals surface area contributed by atoms with Crippen molar-refractivity contribution in [3.05, 3.63) is 88.2 Å². The molecule has 0 unspecified atom stereocenters. The Bertz CT molecular complexity index is 1360. The largest absolute Gasteiger partial charge is 0.492 e. The van der Waals surface area contributed by atoms with E-state index in [1.165, 1.54) is 4.68 Å². The lowest BCUT2D eigenvalue weighted by Gasteiger charge is -2.14. The molecule has 0 radical (unpaired) electrons. The molecule has 162 valence electrons. The number of aromatic nitrogens is 2. The van der Waals surface area contributed by atoms with E-state index in [9.17, 15) is 9.59 Å². The molecule has 4 aromatic rings. The van der Waals surface area contributed by atoms with E-state index in [0.717, 1.165) is 22.1 Å². The molecule has 0 spiro atoms. The fraction of sp³-hybridized carbons (Fsp3) is 0.192. The fourth-order valence-corrected chi connectivity index (χ4v) is 3.71. The molecule has 1 heterocycles. The molecule has 0 bridgehead atoms. The first kappa shape index (κ1) is 21.3. The SMILES string of the molecule is CCOc1ccccc1NC(=O)Cn1nc(-c2cc(C)ccc2C)c2ccccc2c1=O. The third kappa shape index (κ3) is 4.25. The van der Waals surface area contributed by atoms with E-state index in [1.54, 1.807) is 18.2 Å². The highest BCUT2D eigenvalue weighted by Crippen LogP contribution is 2.28. The first-order chi connectivity index (χ1) is 15.5. The van der Waals surface area contributed by atoms with Gasteiger partial charge in [-0.2, -0.15) is 5.10 Å². The van der Waals surface area contributed by atoms with Crippen molar-refractivity contribution in [1.82, 2.24) is 9.78 Å². The molecule has 1 amide bonds. The van der Waals surface area contributed by atoms with Crippen LogP contribution in [-0.4, -0.2) is 22.3 Å². The van der Waals surface area contributed by atoms with Crippen LogP contribution in [-0.2, 0) is 11.3 Å². The maximum atomic E-state index is 13.1. The van der Waals surface area contributed by atoms with Crippen molar-refractivity contribution in [2.24, 2.45) is 0 Å². The second-order valence-corrected chi connectivity index (χ2v) is 7.65. The molecule has 0 saturated carbocycles. The van der Waals surface area contributed by atoms with Crippen molar-refractivity contribution < 1.29 is 9.53 Å². The molecule has 0 aliphatic rings. The van der Waals surface area contributed by atoms with Gasteiger partial charge in [-0.05, 0) is 50.6 Å². The maximum Gasteiger partial charge on any atom is 0.275 e. The van der Waals surface area contributed by atoms with Gasteiger partial charge in [0, 0.05) is 10.9 Å². The highest BCUT2D eigenvalue weighted by molar-refractivity contribution is 5.95. The number of anilines is 1. The Kier molecular flexibility index (Phi) is 6.03. The maximum absolute atomic E-state index is 13.1. The summed E-state index contributed by atoms with van der Waals surface area (Å²) in [5, 5.41) is 8.76. The quantitative estimate of drug-likeness (QED) is 0.483. The van der Waals surface area contributed by atoms with Gasteiger partial charge in [-0.25, -0.2) is 4.68 Å². The second-order valence-electron chi connectivity index (χ2n) is 7.65. The number of hydrogen-bond acceptors (Lipinski definition) is 4. The minimum Gasteiger partial charge on any atom is -0.492 e. The highest BCUT2D eigenvalue weighted by Gasteiger charge is 2.16. The summed E-state index contributed by atoms with van der Waals surface area (Å²) < 4.78 is 6.81. The Balaban J connectivity index is 1.75. The molecule has 1 aromatic heterocycles. The summed E-state index contributed by atoms with van der Waals surface area (Å²) in [6.45, 7) is 6.19. The molecule has 0 aliphatic heterocycles. The summed E-state index contributed by atoms with van der Waals surface area (Å²) in [5.41, 5.74) is 4.03. The lowest BCUT2D eigenvalue weighted by molar-refractivity contribution is -0.117. The van der Waals surface area contributed by atoms with E-state index in [-0.39, 0.29) is 18.0 Å². The van der Waals surface area contributed by atoms with Gasteiger partial charge in [-0.3, -0.25) is 9.59 Å². The molecule has 1 N–H and O–H groups in total. The molecule has 4 rings (SSSR count). The third-order valence-electron chi connectivity index (χ3n) is 5.27. The number of nitrogens with one attached hydrogen (secondary N) is 1. The number of fused-ring (bicyclic) bond motifs is 1. The summed E-state index contributed by atoms with van der Waals surface area (Å²) in [4.78, 5) is 25.9. The van der Waals surface area contributed by atoms with Gasteiger partial charge in [0.1, 0.15) is 12.3 Å². The first-order valence-corrected chi connectivity index (χ1v) is 10.6. The van der Waals surface area contributed by atoms with Crippen LogP contribution in [0.5, 0.6) is 5.75 Å². The van der Waals surface area contributed by atoms with Crippen molar-refractivity contribution >= 4 is 22.4 Å². The summed E-state index contributed by atoms with van der Waals surface area (Å²) in [7, 11) is 0. The van der Waals surface area contributed by atoms with E-state index >= 15 is 0 Å². The molecule has 6 heteroatoms. The van der Waals surface area contributed by atoms with Crippen molar-refractivity contribution in [3.63, 3.8) is 0 Å². The van der Waals surface area contributed by atoms with Crippen LogP contribution in [0.4, 0.5) is 5.69 Å². The number of carbonyl (C=O) groups is 1. The van der Waals surface area contributed by atoms with Crippen LogP contribution in [0.3, 0.4) is 0 Å². The molecule has 0 aliphatic carbocycles. The summed E-state index contributed by atoms with van der Waals surface area (Å²) in [5.74, 6) is 0.229. The highest BCUT2D eigenvalue weighted by atomic mass is 16.5. The molecule has 0 saturated heterocycles. The number of ether oxygens (including phenoxy) is 1. The lowest BCUT2D eigenvalue weighted by atomic mass is 9.99. The predicted molar refractivity (Wildman–Crippen MR) is 127 cm³/mol. The molecule has 3 aromatic carbocycles. The van der Waals surface area contributed by atoms with Crippen LogP contribution >= 0.6 is 0 Å². The van der Waals surface area contributed by atoms with Crippen LogP contribution in [0.1, 0.15) is 18.1 Å². The van der Waals surface area contributed by atoms with E-state index in [1.807, 2.05) is 63.2 Å². The normalized spacial score (nSPS) is 10.8. The Morgan fingerprint density at radius 2 is 1.72 bits per heavy atom. The number of carbonyl (C=O) groups excluding carboxylic acids is 1. The Morgan fingerprint density at radius 3 is 2.50 bits per heavy atom. The van der Waals surface area contributed by atoms with Gasteiger partial charge >= 0.3 is 0 Å². The zero-order valence-corrected chi connectivity index (χ0v) is 18.4. The van der Waals surface area contributed by atoms with Crippen LogP contribution in [0, 0.1) is 13.8 Å². The predicted octanol–water partition coefficient (Wildman–Crippen LogP) is 4.72. The molecule has 32 heavy (non-hydrogen) atoms. The van der Waals surface area contributed by atoms with Crippen molar-refractivity contribution in [2.75, 3.05) is 11.9 Å². The molecule has 6 nitrogen and oxygen atoms in total. The number of hydrogen-bond donors (Lipinski definition) is 1. The Labute approximate surface area is 186 Å². The standard InChI is InChI=1S/C26H25N3O3/c1-4-32-23-12-8-7-11-22(23)27-24(30)16-29-26(31)20-10-6-5-9-19(20)25(28-29)21-15-17(2)13-14-18(21)3/h5-15H,4,16H2,1-3H3,(H,27,30). The minimum atomic E-state index is -0.353. The Morgan fingerprint density at radius 1 is 1.00 bits per heavy atom. The van der Waals surface area contributed by atoms with Gasteiger partial charge in [-0.15, -0.1) is 0 Å². The van der Waals surface area contributed by atoms with Crippen molar-refractivity contribution in [2.45, 2.75) is 27.3 Å². The third-order valence-corrected chi connectivity index (χ3v) is 5.27. The number of rotatable bonds is 6. The van der Waals surface area contributed by atoms with Gasteiger partial charge in [0.05, 0.1) is 23.4 Å². The van der Waals surface area contributed by atoms with E-state index in [2.05, 4.69) is 16.5 Å². The molecule has 0 atom stereocenters. The second kappa shape index (κ2) is 9.06. The smallest absolute Gasteiger partial charge is 0.275 e. The van der Waals surface area contributed by atoms with Gasteiger partial charge in [0.2, 0.25) is 5.91 Å². The Hall–Kier alpha value is -3.93. The first-order valence-electron chi connectivity index (χ1n) is 10.6. The van der Waals surface area contributed by atoms with Crippen molar-refractivity contribution in [1.29, 1.82) is 0 Å². The topological polar surface area (TPSA) is 73.2 Å². The van der Waals surface area contributed by atoms with Gasteiger partial charge in [0.15, 0.2) is 0 Å². The van der Waals surface area contributed by atoms with Crippen LogP contribution in [0.2, 0.25) is 0 Å². The van der Waals surface area contributed by atoms with Gasteiger partial charge < -0.3 is 10.1 Å². The summed E-state index contributed by atoms with van der Waals surface area (Å²) in [6, 6.07) is 20.7. The molecular weight excluding hydrogens is 402 g/mol. The number of benzene rings is 3. The van der Waals surface area contributed by atoms with Crippen molar-refractivity contribution in [3.8, 4) is 17.0 Å². The minimum absolute atomic E-state index is 0.206.